The summed E-state index contributed by atoms with van der Waals surface area (Å²) in [5.74, 6) is 3.31. The Balaban J connectivity index is 1.88. The summed E-state index contributed by atoms with van der Waals surface area (Å²) in [6, 6.07) is 0. The molecule has 1 aromatic rings. The van der Waals surface area contributed by atoms with Crippen LogP contribution >= 0.6 is 11.6 Å². The summed E-state index contributed by atoms with van der Waals surface area (Å²) in [7, 11) is 0. The van der Waals surface area contributed by atoms with Crippen molar-refractivity contribution in [3.63, 3.8) is 0 Å². The molecule has 1 heterocycles. The smallest absolute Gasteiger partial charge is 0.227 e. The van der Waals surface area contributed by atoms with Gasteiger partial charge in [0, 0.05) is 5.92 Å². The van der Waals surface area contributed by atoms with Crippen molar-refractivity contribution >= 4 is 17.5 Å². The molecule has 5 heteroatoms. The number of halogens is 1. The van der Waals surface area contributed by atoms with Crippen molar-refractivity contribution in [2.45, 2.75) is 25.2 Å². The van der Waals surface area contributed by atoms with Crippen molar-refractivity contribution < 1.29 is 0 Å². The molecule has 74 valence electrons. The number of hydrogen-bond donors (Lipinski definition) is 1. The summed E-state index contributed by atoms with van der Waals surface area (Å²) in [5.41, 5.74) is 5.53. The van der Waals surface area contributed by atoms with Crippen LogP contribution in [0.15, 0.2) is 0 Å². The van der Waals surface area contributed by atoms with Crippen LogP contribution in [0.25, 0.3) is 0 Å². The lowest BCUT2D eigenvalue weighted by Gasteiger charge is -2.09. The lowest BCUT2D eigenvalue weighted by atomic mass is 10.0. The lowest BCUT2D eigenvalue weighted by molar-refractivity contribution is 0.587. The quantitative estimate of drug-likeness (QED) is 0.765. The first-order valence-electron chi connectivity index (χ1n) is 4.89. The Hall–Kier alpha value is -0.900. The van der Waals surface area contributed by atoms with Crippen molar-refractivity contribution in [2.24, 2.45) is 11.8 Å². The van der Waals surface area contributed by atoms with Crippen LogP contribution in [-0.4, -0.2) is 15.0 Å². The molecule has 2 N–H and O–H groups in total. The van der Waals surface area contributed by atoms with Crippen LogP contribution < -0.4 is 5.73 Å². The van der Waals surface area contributed by atoms with E-state index in [2.05, 4.69) is 15.0 Å². The third kappa shape index (κ3) is 1.34. The second-order valence-corrected chi connectivity index (χ2v) is 4.58. The van der Waals surface area contributed by atoms with E-state index in [9.17, 15) is 0 Å². The summed E-state index contributed by atoms with van der Waals surface area (Å²) in [4.78, 5) is 12.0. The summed E-state index contributed by atoms with van der Waals surface area (Å²) in [6.45, 7) is 0. The molecule has 0 bridgehead atoms. The van der Waals surface area contributed by atoms with E-state index in [1.165, 1.54) is 19.3 Å². The molecule has 0 spiro atoms. The molecule has 2 unspecified atom stereocenters. The van der Waals surface area contributed by atoms with E-state index in [0.717, 1.165) is 17.7 Å². The summed E-state index contributed by atoms with van der Waals surface area (Å²) in [6.07, 6.45) is 3.79. The van der Waals surface area contributed by atoms with E-state index in [1.54, 1.807) is 0 Å². The van der Waals surface area contributed by atoms with E-state index < -0.39 is 0 Å². The second-order valence-electron chi connectivity index (χ2n) is 4.25. The Labute approximate surface area is 86.9 Å². The highest BCUT2D eigenvalue weighted by Crippen LogP contribution is 2.56. The maximum atomic E-state index is 5.73. The van der Waals surface area contributed by atoms with Gasteiger partial charge in [-0.15, -0.1) is 0 Å². The average Bonchev–Trinajstić information content (AvgIpc) is 2.72. The second kappa shape index (κ2) is 2.79. The zero-order chi connectivity index (χ0) is 9.71. The van der Waals surface area contributed by atoms with Crippen LogP contribution in [0.1, 0.15) is 31.0 Å². The van der Waals surface area contributed by atoms with Crippen LogP contribution in [-0.2, 0) is 0 Å². The van der Waals surface area contributed by atoms with E-state index >= 15 is 0 Å². The maximum Gasteiger partial charge on any atom is 0.227 e. The first-order valence-corrected chi connectivity index (χ1v) is 5.27. The highest BCUT2D eigenvalue weighted by molar-refractivity contribution is 6.28. The van der Waals surface area contributed by atoms with Crippen molar-refractivity contribution in [1.29, 1.82) is 0 Å². The van der Waals surface area contributed by atoms with Gasteiger partial charge in [0.1, 0.15) is 5.82 Å². The van der Waals surface area contributed by atoms with Gasteiger partial charge in [-0.1, -0.05) is 0 Å². The molecule has 0 saturated heterocycles. The van der Waals surface area contributed by atoms with E-state index in [4.69, 9.17) is 17.3 Å². The number of aromatic nitrogens is 3. The standard InChI is InChI=1S/C9H11ClN4/c10-8-12-7(13-9(11)14-8)6-2-4-1-5(4)3-6/h4-6H,1-3H2,(H2,11,12,13,14). The Morgan fingerprint density at radius 2 is 1.79 bits per heavy atom. The van der Waals surface area contributed by atoms with Crippen LogP contribution in [0.3, 0.4) is 0 Å². The SMILES string of the molecule is Nc1nc(Cl)nc(C2CC3CC3C2)n1. The monoisotopic (exact) mass is 210 g/mol. The fourth-order valence-electron chi connectivity index (χ4n) is 2.49. The molecule has 3 rings (SSSR count). The van der Waals surface area contributed by atoms with Gasteiger partial charge < -0.3 is 5.73 Å². The minimum atomic E-state index is 0.216. The Morgan fingerprint density at radius 3 is 2.43 bits per heavy atom. The number of nitrogens with two attached hydrogens (primary N) is 1. The Bertz CT molecular complexity index is 351. The maximum absolute atomic E-state index is 5.73. The molecule has 14 heavy (non-hydrogen) atoms. The molecule has 2 fully saturated rings. The van der Waals surface area contributed by atoms with Gasteiger partial charge in [-0.3, -0.25) is 0 Å². The van der Waals surface area contributed by atoms with Crippen molar-refractivity contribution in [1.82, 2.24) is 15.0 Å². The third-order valence-corrected chi connectivity index (χ3v) is 3.42. The fraction of sp³-hybridized carbons (Fsp3) is 0.667. The average molecular weight is 211 g/mol. The number of anilines is 1. The van der Waals surface area contributed by atoms with E-state index in [0.29, 0.717) is 5.92 Å². The van der Waals surface area contributed by atoms with Gasteiger partial charge in [-0.2, -0.15) is 9.97 Å². The normalized spacial score (nSPS) is 34.2. The van der Waals surface area contributed by atoms with Crippen LogP contribution in [0.2, 0.25) is 5.28 Å². The predicted octanol–water partition coefficient (Wildman–Crippen LogP) is 1.62. The zero-order valence-electron chi connectivity index (χ0n) is 7.65. The molecular weight excluding hydrogens is 200 g/mol. The first-order chi connectivity index (χ1) is 6.72. The summed E-state index contributed by atoms with van der Waals surface area (Å²) in [5, 5.41) is 0.216. The minimum Gasteiger partial charge on any atom is -0.368 e. The van der Waals surface area contributed by atoms with Gasteiger partial charge in [0.2, 0.25) is 11.2 Å². The Morgan fingerprint density at radius 1 is 1.07 bits per heavy atom. The van der Waals surface area contributed by atoms with Crippen LogP contribution in [0.5, 0.6) is 0 Å². The largest absolute Gasteiger partial charge is 0.368 e. The van der Waals surface area contributed by atoms with Gasteiger partial charge in [0.05, 0.1) is 0 Å². The highest BCUT2D eigenvalue weighted by atomic mass is 35.5. The van der Waals surface area contributed by atoms with Crippen LogP contribution in [0, 0.1) is 11.8 Å². The minimum absolute atomic E-state index is 0.216. The number of hydrogen-bond acceptors (Lipinski definition) is 4. The fourth-order valence-corrected chi connectivity index (χ4v) is 2.66. The van der Waals surface area contributed by atoms with E-state index in [-0.39, 0.29) is 11.2 Å². The highest BCUT2D eigenvalue weighted by Gasteiger charge is 2.47. The molecule has 0 aliphatic heterocycles. The number of nitrogen functional groups attached to an aromatic ring is 1. The predicted molar refractivity (Wildman–Crippen MR) is 52.8 cm³/mol. The molecule has 4 nitrogen and oxygen atoms in total. The molecule has 0 amide bonds. The van der Waals surface area contributed by atoms with Gasteiger partial charge >= 0.3 is 0 Å². The first kappa shape index (κ1) is 8.41. The summed E-state index contributed by atoms with van der Waals surface area (Å²) >= 11 is 5.73. The van der Waals surface area contributed by atoms with Gasteiger partial charge in [0.15, 0.2) is 0 Å². The van der Waals surface area contributed by atoms with Crippen molar-refractivity contribution in [3.8, 4) is 0 Å². The molecule has 2 aliphatic rings. The molecule has 2 atom stereocenters. The van der Waals surface area contributed by atoms with Gasteiger partial charge in [0.25, 0.3) is 0 Å². The molecule has 1 aromatic heterocycles. The molecule has 0 aromatic carbocycles. The number of nitrogens with zero attached hydrogens (tertiary/aromatic N) is 3. The molecule has 2 saturated carbocycles. The number of rotatable bonds is 1. The van der Waals surface area contributed by atoms with Crippen molar-refractivity contribution in [3.05, 3.63) is 11.1 Å². The molecule has 2 aliphatic carbocycles. The summed E-state index contributed by atoms with van der Waals surface area (Å²) < 4.78 is 0. The lowest BCUT2D eigenvalue weighted by Crippen LogP contribution is -2.07. The van der Waals surface area contributed by atoms with Crippen LogP contribution in [0.4, 0.5) is 5.95 Å². The zero-order valence-corrected chi connectivity index (χ0v) is 8.41. The molecular formula is C9H11ClN4. The third-order valence-electron chi connectivity index (χ3n) is 3.25. The van der Waals surface area contributed by atoms with Gasteiger partial charge in [-0.05, 0) is 42.7 Å². The Kier molecular flexibility index (Phi) is 1.68. The topological polar surface area (TPSA) is 64.7 Å². The van der Waals surface area contributed by atoms with E-state index in [1.807, 2.05) is 0 Å². The molecule has 0 radical (unpaired) electrons. The van der Waals surface area contributed by atoms with Gasteiger partial charge in [-0.25, -0.2) is 4.98 Å². The van der Waals surface area contributed by atoms with Crippen molar-refractivity contribution in [2.75, 3.05) is 5.73 Å². The number of fused-ring (bicyclic) bond motifs is 1.